The Balaban J connectivity index is 1.47. The summed E-state index contributed by atoms with van der Waals surface area (Å²) in [5, 5.41) is 10.4. The van der Waals surface area contributed by atoms with E-state index in [2.05, 4.69) is 52.1 Å². The van der Waals surface area contributed by atoms with E-state index >= 15 is 0 Å². The van der Waals surface area contributed by atoms with Crippen molar-refractivity contribution in [3.05, 3.63) is 30.3 Å². The number of hydrogen-bond donors (Lipinski definition) is 1. The Morgan fingerprint density at radius 2 is 1.96 bits per heavy atom. The van der Waals surface area contributed by atoms with E-state index in [-0.39, 0.29) is 6.10 Å². The van der Waals surface area contributed by atoms with Gasteiger partial charge in [0.25, 0.3) is 0 Å². The fraction of sp³-hybridized carbons (Fsp3) is 0.684. The number of aliphatic hydroxyl groups excluding tert-OH is 1. The molecule has 0 aromatic heterocycles. The second kappa shape index (κ2) is 8.81. The van der Waals surface area contributed by atoms with Crippen LogP contribution in [0.2, 0.25) is 0 Å². The van der Waals surface area contributed by atoms with Crippen molar-refractivity contribution in [3.63, 3.8) is 0 Å². The maximum Gasteiger partial charge on any atom is 0.0793 e. The van der Waals surface area contributed by atoms with Crippen LogP contribution in [0.25, 0.3) is 0 Å². The second-order valence-electron chi connectivity index (χ2n) is 7.08. The Hall–Kier alpha value is -1.14. The molecule has 0 bridgehead atoms. The molecule has 0 aliphatic carbocycles. The number of hydrogen-bond acceptors (Lipinski definition) is 5. The number of aliphatic hydroxyl groups is 1. The number of piperidine rings is 1. The van der Waals surface area contributed by atoms with Crippen LogP contribution in [0.15, 0.2) is 30.3 Å². The summed E-state index contributed by atoms with van der Waals surface area (Å²) in [4.78, 5) is 7.12. The van der Waals surface area contributed by atoms with Gasteiger partial charge in [-0.3, -0.25) is 9.80 Å². The summed E-state index contributed by atoms with van der Waals surface area (Å²) < 4.78 is 5.37. The van der Waals surface area contributed by atoms with Crippen LogP contribution in [-0.4, -0.2) is 86.6 Å². The molecule has 5 nitrogen and oxygen atoms in total. The third-order valence-electron chi connectivity index (χ3n) is 5.21. The number of likely N-dealkylation sites (N-methyl/N-ethyl adjacent to an activating group) is 1. The number of benzene rings is 1. The van der Waals surface area contributed by atoms with Gasteiger partial charge in [0.1, 0.15) is 0 Å². The summed E-state index contributed by atoms with van der Waals surface area (Å²) in [6.45, 7) is 7.12. The quantitative estimate of drug-likeness (QED) is 0.849. The van der Waals surface area contributed by atoms with E-state index in [1.807, 2.05) is 0 Å². The van der Waals surface area contributed by atoms with Gasteiger partial charge in [-0.1, -0.05) is 18.2 Å². The first kappa shape index (κ1) is 17.7. The van der Waals surface area contributed by atoms with Crippen LogP contribution in [0.5, 0.6) is 0 Å². The summed E-state index contributed by atoms with van der Waals surface area (Å²) in [5.41, 5.74) is 1.31. The minimum absolute atomic E-state index is 0.291. The molecule has 0 saturated carbocycles. The topological polar surface area (TPSA) is 39.2 Å². The summed E-state index contributed by atoms with van der Waals surface area (Å²) in [6, 6.07) is 11.2. The lowest BCUT2D eigenvalue weighted by atomic mass is 10.0. The first-order chi connectivity index (χ1) is 11.7. The normalized spacial score (nSPS) is 24.3. The lowest BCUT2D eigenvalue weighted by molar-refractivity contribution is 0.00530. The molecule has 1 aromatic carbocycles. The molecule has 3 rings (SSSR count). The molecule has 2 atom stereocenters. The molecule has 2 aliphatic rings. The fourth-order valence-corrected chi connectivity index (χ4v) is 3.81. The molecule has 2 heterocycles. The van der Waals surface area contributed by atoms with Crippen LogP contribution in [0.4, 0.5) is 5.69 Å². The van der Waals surface area contributed by atoms with Crippen molar-refractivity contribution < 1.29 is 9.84 Å². The van der Waals surface area contributed by atoms with E-state index in [1.54, 1.807) is 0 Å². The Morgan fingerprint density at radius 1 is 1.21 bits per heavy atom. The second-order valence-corrected chi connectivity index (χ2v) is 7.08. The van der Waals surface area contributed by atoms with Crippen molar-refractivity contribution in [2.45, 2.75) is 25.0 Å². The number of rotatable bonds is 6. The van der Waals surface area contributed by atoms with Crippen LogP contribution in [0, 0.1) is 0 Å². The van der Waals surface area contributed by atoms with E-state index in [0.717, 1.165) is 52.5 Å². The average molecular weight is 333 g/mol. The molecule has 2 saturated heterocycles. The van der Waals surface area contributed by atoms with E-state index in [9.17, 15) is 5.11 Å². The number of para-hydroxylation sites is 1. The molecule has 2 fully saturated rings. The van der Waals surface area contributed by atoms with Crippen LogP contribution < -0.4 is 4.90 Å². The van der Waals surface area contributed by atoms with Gasteiger partial charge >= 0.3 is 0 Å². The molecule has 134 valence electrons. The van der Waals surface area contributed by atoms with Gasteiger partial charge in [-0.15, -0.1) is 0 Å². The van der Waals surface area contributed by atoms with Gasteiger partial charge in [0.15, 0.2) is 0 Å². The average Bonchev–Trinajstić information content (AvgIpc) is 2.63. The molecule has 1 aromatic rings. The van der Waals surface area contributed by atoms with Crippen molar-refractivity contribution in [1.82, 2.24) is 9.80 Å². The van der Waals surface area contributed by atoms with Crippen molar-refractivity contribution in [2.75, 3.05) is 64.4 Å². The summed E-state index contributed by atoms with van der Waals surface area (Å²) >= 11 is 0. The van der Waals surface area contributed by atoms with Gasteiger partial charge in [0.05, 0.1) is 19.3 Å². The Labute approximate surface area is 145 Å². The maximum atomic E-state index is 10.4. The first-order valence-electron chi connectivity index (χ1n) is 9.21. The van der Waals surface area contributed by atoms with Crippen molar-refractivity contribution >= 4 is 5.69 Å². The van der Waals surface area contributed by atoms with Crippen LogP contribution in [0.3, 0.4) is 0 Å². The Morgan fingerprint density at radius 3 is 2.71 bits per heavy atom. The highest BCUT2D eigenvalue weighted by Gasteiger charge is 2.25. The molecule has 0 amide bonds. The van der Waals surface area contributed by atoms with Gasteiger partial charge in [0, 0.05) is 51.0 Å². The largest absolute Gasteiger partial charge is 0.390 e. The molecular formula is C19H31N3O2. The zero-order valence-electron chi connectivity index (χ0n) is 14.8. The highest BCUT2D eigenvalue weighted by molar-refractivity contribution is 5.46. The van der Waals surface area contributed by atoms with Gasteiger partial charge in [-0.25, -0.2) is 0 Å². The molecule has 0 unspecified atom stereocenters. The van der Waals surface area contributed by atoms with E-state index in [1.165, 1.54) is 18.5 Å². The molecule has 1 N–H and O–H groups in total. The van der Waals surface area contributed by atoms with Gasteiger partial charge in [0.2, 0.25) is 0 Å². The molecule has 0 radical (unpaired) electrons. The van der Waals surface area contributed by atoms with Crippen LogP contribution in [-0.2, 0) is 4.74 Å². The number of β-amino-alcohol motifs (C(OH)–C–C–N with tert-alkyl or cyclic N) is 1. The van der Waals surface area contributed by atoms with E-state index in [0.29, 0.717) is 6.04 Å². The number of nitrogens with zero attached hydrogens (tertiary/aromatic N) is 3. The highest BCUT2D eigenvalue weighted by atomic mass is 16.5. The van der Waals surface area contributed by atoms with E-state index < -0.39 is 0 Å². The van der Waals surface area contributed by atoms with Crippen LogP contribution >= 0.6 is 0 Å². The smallest absolute Gasteiger partial charge is 0.0793 e. The Bertz CT molecular complexity index is 479. The number of ether oxygens (including phenoxy) is 1. The van der Waals surface area contributed by atoms with Gasteiger partial charge < -0.3 is 14.7 Å². The van der Waals surface area contributed by atoms with Gasteiger partial charge in [-0.05, 0) is 32.0 Å². The highest BCUT2D eigenvalue weighted by Crippen LogP contribution is 2.21. The number of anilines is 1. The lowest BCUT2D eigenvalue weighted by Gasteiger charge is -2.40. The molecule has 0 spiro atoms. The standard InChI is InChI=1S/C19H31N3O2/c1-20(15-19(23)16-21-10-12-24-13-11-21)18-8-5-9-22(14-18)17-6-3-2-4-7-17/h2-4,6-7,18-19,23H,5,8-16H2,1H3/t18-,19+/m1/s1. The van der Waals surface area contributed by atoms with E-state index in [4.69, 9.17) is 4.74 Å². The predicted octanol–water partition coefficient (Wildman–Crippen LogP) is 1.28. The Kier molecular flexibility index (Phi) is 6.49. The molecular weight excluding hydrogens is 302 g/mol. The zero-order valence-corrected chi connectivity index (χ0v) is 14.8. The molecule has 24 heavy (non-hydrogen) atoms. The minimum Gasteiger partial charge on any atom is -0.390 e. The summed E-state index contributed by atoms with van der Waals surface area (Å²) in [6.07, 6.45) is 2.13. The zero-order chi connectivity index (χ0) is 16.8. The van der Waals surface area contributed by atoms with Crippen molar-refractivity contribution in [2.24, 2.45) is 0 Å². The SMILES string of the molecule is CN(C[C@H](O)CN1CCOCC1)[C@@H]1CCCN(c2ccccc2)C1. The molecule has 2 aliphatic heterocycles. The monoisotopic (exact) mass is 333 g/mol. The van der Waals surface area contributed by atoms with Gasteiger partial charge in [-0.2, -0.15) is 0 Å². The lowest BCUT2D eigenvalue weighted by Crippen LogP contribution is -2.50. The summed E-state index contributed by atoms with van der Waals surface area (Å²) in [7, 11) is 2.15. The summed E-state index contributed by atoms with van der Waals surface area (Å²) in [5.74, 6) is 0. The van der Waals surface area contributed by atoms with Crippen molar-refractivity contribution in [1.29, 1.82) is 0 Å². The minimum atomic E-state index is -0.291. The number of morpholine rings is 1. The maximum absolute atomic E-state index is 10.4. The van der Waals surface area contributed by atoms with Crippen molar-refractivity contribution in [3.8, 4) is 0 Å². The third kappa shape index (κ3) is 4.93. The van der Waals surface area contributed by atoms with Crippen LogP contribution in [0.1, 0.15) is 12.8 Å². The predicted molar refractivity (Wildman–Crippen MR) is 97.6 cm³/mol. The third-order valence-corrected chi connectivity index (χ3v) is 5.21. The first-order valence-corrected chi connectivity index (χ1v) is 9.21. The fourth-order valence-electron chi connectivity index (χ4n) is 3.81. The molecule has 5 heteroatoms.